The number of benzene rings is 2. The summed E-state index contributed by atoms with van der Waals surface area (Å²) in [7, 11) is 0. The average Bonchev–Trinajstić information content (AvgIpc) is 2.29. The molecule has 0 aromatic heterocycles. The predicted octanol–water partition coefficient (Wildman–Crippen LogP) is 4.62. The second kappa shape index (κ2) is 4.94. The minimum Gasteiger partial charge on any atom is -0.454 e. The molecule has 17 heavy (non-hydrogen) atoms. The number of hydrogen-bond acceptors (Lipinski definition) is 2. The second-order valence-corrected chi connectivity index (χ2v) is 4.60. The van der Waals surface area contributed by atoms with E-state index in [-0.39, 0.29) is 5.75 Å². The topological polar surface area (TPSA) is 35.2 Å². The molecule has 0 aliphatic rings. The van der Waals surface area contributed by atoms with Gasteiger partial charge >= 0.3 is 0 Å². The van der Waals surface area contributed by atoms with Gasteiger partial charge in [0.25, 0.3) is 0 Å². The van der Waals surface area contributed by atoms with Crippen LogP contribution >= 0.6 is 27.5 Å². The average molecular weight is 317 g/mol. The van der Waals surface area contributed by atoms with Crippen LogP contribution in [-0.2, 0) is 0 Å². The number of nitrogen functional groups attached to an aromatic ring is 1. The highest BCUT2D eigenvalue weighted by Crippen LogP contribution is 2.34. The van der Waals surface area contributed by atoms with Crippen LogP contribution in [0.5, 0.6) is 11.5 Å². The van der Waals surface area contributed by atoms with Crippen LogP contribution in [-0.4, -0.2) is 0 Å². The molecule has 0 heterocycles. The van der Waals surface area contributed by atoms with Gasteiger partial charge in [0.1, 0.15) is 11.6 Å². The molecule has 0 unspecified atom stereocenters. The van der Waals surface area contributed by atoms with Crippen molar-refractivity contribution in [1.29, 1.82) is 0 Å². The Morgan fingerprint density at radius 1 is 1.18 bits per heavy atom. The Labute approximate surface area is 111 Å². The zero-order valence-corrected chi connectivity index (χ0v) is 10.9. The van der Waals surface area contributed by atoms with Crippen molar-refractivity contribution in [1.82, 2.24) is 0 Å². The molecule has 0 amide bonds. The van der Waals surface area contributed by atoms with Gasteiger partial charge in [-0.05, 0) is 34.1 Å². The smallest absolute Gasteiger partial charge is 0.153 e. The van der Waals surface area contributed by atoms with Crippen molar-refractivity contribution in [3.05, 3.63) is 51.7 Å². The Balaban J connectivity index is 2.37. The van der Waals surface area contributed by atoms with E-state index in [2.05, 4.69) is 15.9 Å². The monoisotopic (exact) mass is 315 g/mol. The molecule has 0 bridgehead atoms. The highest BCUT2D eigenvalue weighted by Gasteiger charge is 2.09. The van der Waals surface area contributed by atoms with Crippen LogP contribution in [0.15, 0.2) is 40.9 Å². The lowest BCUT2D eigenvalue weighted by atomic mass is 10.3. The first-order chi connectivity index (χ1) is 8.08. The number of nitrogens with two attached hydrogens (primary N) is 1. The van der Waals surface area contributed by atoms with Gasteiger partial charge in [0.05, 0.1) is 15.2 Å². The normalized spacial score (nSPS) is 10.3. The molecule has 0 saturated carbocycles. The van der Waals surface area contributed by atoms with Crippen LogP contribution < -0.4 is 10.5 Å². The molecule has 0 fully saturated rings. The summed E-state index contributed by atoms with van der Waals surface area (Å²) in [5.74, 6) is 0.225. The van der Waals surface area contributed by atoms with Gasteiger partial charge in [-0.25, -0.2) is 4.39 Å². The van der Waals surface area contributed by atoms with Crippen molar-refractivity contribution in [2.45, 2.75) is 0 Å². The summed E-state index contributed by atoms with van der Waals surface area (Å²) in [5, 5.41) is 0.440. The van der Waals surface area contributed by atoms with E-state index < -0.39 is 5.82 Å². The standard InChI is InChI=1S/C12H8BrClFNO/c13-7-5-10(16)12(6-9(7)15)17-11-4-2-1-3-8(11)14/h1-6H,16H2. The van der Waals surface area contributed by atoms with Crippen molar-refractivity contribution >= 4 is 33.2 Å². The third kappa shape index (κ3) is 2.70. The van der Waals surface area contributed by atoms with Crippen molar-refractivity contribution in [2.24, 2.45) is 0 Å². The Morgan fingerprint density at radius 3 is 2.59 bits per heavy atom. The maximum atomic E-state index is 13.3. The van der Waals surface area contributed by atoms with E-state index >= 15 is 0 Å². The number of halogens is 3. The summed E-state index contributed by atoms with van der Waals surface area (Å²) in [4.78, 5) is 0. The number of anilines is 1. The zero-order chi connectivity index (χ0) is 12.4. The van der Waals surface area contributed by atoms with Crippen molar-refractivity contribution in [3.8, 4) is 11.5 Å². The maximum Gasteiger partial charge on any atom is 0.153 e. The molecule has 2 aromatic carbocycles. The molecule has 5 heteroatoms. The van der Waals surface area contributed by atoms with Gasteiger partial charge in [-0.1, -0.05) is 23.7 Å². The van der Waals surface area contributed by atoms with E-state index in [1.54, 1.807) is 24.3 Å². The number of rotatable bonds is 2. The van der Waals surface area contributed by atoms with Crippen molar-refractivity contribution in [2.75, 3.05) is 5.73 Å². The van der Waals surface area contributed by atoms with Gasteiger partial charge < -0.3 is 10.5 Å². The van der Waals surface area contributed by atoms with E-state index in [4.69, 9.17) is 22.1 Å². The first-order valence-electron chi connectivity index (χ1n) is 4.75. The van der Waals surface area contributed by atoms with Gasteiger partial charge in [0.15, 0.2) is 5.75 Å². The fraction of sp³-hybridized carbons (Fsp3) is 0. The summed E-state index contributed by atoms with van der Waals surface area (Å²) in [6, 6.07) is 9.57. The lowest BCUT2D eigenvalue weighted by molar-refractivity contribution is 0.479. The largest absolute Gasteiger partial charge is 0.454 e. The lowest BCUT2D eigenvalue weighted by Crippen LogP contribution is -1.94. The summed E-state index contributed by atoms with van der Waals surface area (Å²) in [6.45, 7) is 0. The number of hydrogen-bond donors (Lipinski definition) is 1. The number of ether oxygens (including phenoxy) is 1. The molecule has 0 radical (unpaired) electrons. The van der Waals surface area contributed by atoms with Crippen LogP contribution in [0, 0.1) is 5.82 Å². The van der Waals surface area contributed by atoms with E-state index in [1.807, 2.05) is 0 Å². The number of para-hydroxylation sites is 1. The first kappa shape index (κ1) is 12.2. The van der Waals surface area contributed by atoms with Crippen LogP contribution in [0.2, 0.25) is 5.02 Å². The summed E-state index contributed by atoms with van der Waals surface area (Å²) >= 11 is 8.97. The van der Waals surface area contributed by atoms with Gasteiger partial charge in [0, 0.05) is 6.07 Å². The fourth-order valence-electron chi connectivity index (χ4n) is 1.28. The Hall–Kier alpha value is -1.26. The molecule has 0 aliphatic carbocycles. The fourth-order valence-corrected chi connectivity index (χ4v) is 1.81. The molecule has 2 rings (SSSR count). The third-order valence-electron chi connectivity index (χ3n) is 2.11. The molecular formula is C12H8BrClFNO. The second-order valence-electron chi connectivity index (χ2n) is 3.34. The minimum absolute atomic E-state index is 0.235. The third-order valence-corrected chi connectivity index (χ3v) is 3.03. The first-order valence-corrected chi connectivity index (χ1v) is 5.92. The minimum atomic E-state index is -0.443. The highest BCUT2D eigenvalue weighted by atomic mass is 79.9. The summed E-state index contributed by atoms with van der Waals surface area (Å²) in [6.07, 6.45) is 0. The molecule has 2 nitrogen and oxygen atoms in total. The summed E-state index contributed by atoms with van der Waals surface area (Å²) in [5.41, 5.74) is 6.06. The molecule has 88 valence electrons. The maximum absolute atomic E-state index is 13.3. The molecule has 2 aromatic rings. The molecule has 0 saturated heterocycles. The molecule has 0 spiro atoms. The van der Waals surface area contributed by atoms with Crippen LogP contribution in [0.25, 0.3) is 0 Å². The Bertz CT molecular complexity index is 562. The van der Waals surface area contributed by atoms with E-state index in [0.29, 0.717) is 20.9 Å². The SMILES string of the molecule is Nc1cc(Br)c(F)cc1Oc1ccccc1Cl. The van der Waals surface area contributed by atoms with Crippen molar-refractivity contribution in [3.63, 3.8) is 0 Å². The van der Waals surface area contributed by atoms with Crippen LogP contribution in [0.4, 0.5) is 10.1 Å². The Kier molecular flexibility index (Phi) is 3.54. The quantitative estimate of drug-likeness (QED) is 0.821. The van der Waals surface area contributed by atoms with Crippen LogP contribution in [0.3, 0.4) is 0 Å². The predicted molar refractivity (Wildman–Crippen MR) is 70.0 cm³/mol. The van der Waals surface area contributed by atoms with Crippen LogP contribution in [0.1, 0.15) is 0 Å². The molecule has 0 atom stereocenters. The van der Waals surface area contributed by atoms with E-state index in [1.165, 1.54) is 12.1 Å². The van der Waals surface area contributed by atoms with E-state index in [0.717, 1.165) is 0 Å². The van der Waals surface area contributed by atoms with E-state index in [9.17, 15) is 4.39 Å². The van der Waals surface area contributed by atoms with Gasteiger partial charge in [-0.15, -0.1) is 0 Å². The van der Waals surface area contributed by atoms with Gasteiger partial charge in [-0.3, -0.25) is 0 Å². The summed E-state index contributed by atoms with van der Waals surface area (Å²) < 4.78 is 19.1. The van der Waals surface area contributed by atoms with Gasteiger partial charge in [0.2, 0.25) is 0 Å². The molecular weight excluding hydrogens is 308 g/mol. The molecule has 0 aliphatic heterocycles. The molecule has 2 N–H and O–H groups in total. The zero-order valence-electron chi connectivity index (χ0n) is 8.58. The van der Waals surface area contributed by atoms with Crippen molar-refractivity contribution < 1.29 is 9.13 Å². The van der Waals surface area contributed by atoms with Gasteiger partial charge in [-0.2, -0.15) is 0 Å². The lowest BCUT2D eigenvalue weighted by Gasteiger charge is -2.10. The Morgan fingerprint density at radius 2 is 1.88 bits per heavy atom. The highest BCUT2D eigenvalue weighted by molar-refractivity contribution is 9.10.